The molecule has 0 N–H and O–H groups in total. The van der Waals surface area contributed by atoms with Crippen molar-refractivity contribution in [2.75, 3.05) is 6.61 Å². The van der Waals surface area contributed by atoms with Gasteiger partial charge in [0.25, 0.3) is 0 Å². The average molecular weight is 472 g/mol. The number of allylic oxidation sites excluding steroid dienone is 4. The Morgan fingerprint density at radius 1 is 1.25 bits per heavy atom. The summed E-state index contributed by atoms with van der Waals surface area (Å²) in [6.45, 7) is 4.35. The normalized spacial score (nSPS) is 37.8. The van der Waals surface area contributed by atoms with Crippen molar-refractivity contribution in [1.29, 1.82) is 0 Å². The highest BCUT2D eigenvalue weighted by atomic mass is 32.1. The first-order valence-electron chi connectivity index (χ1n) is 11.5. The van der Waals surface area contributed by atoms with Gasteiger partial charge < -0.3 is 4.74 Å². The molecule has 4 aliphatic rings. The van der Waals surface area contributed by atoms with Gasteiger partial charge in [0.1, 0.15) is 4.88 Å². The van der Waals surface area contributed by atoms with E-state index in [1.807, 2.05) is 13.0 Å². The molecule has 1 aromatic heterocycles. The van der Waals surface area contributed by atoms with E-state index in [1.165, 1.54) is 16.9 Å². The fourth-order valence-electron chi connectivity index (χ4n) is 7.42. The second-order valence-electron chi connectivity index (χ2n) is 10.2. The van der Waals surface area contributed by atoms with E-state index in [2.05, 4.69) is 30.6 Å². The first-order valence-corrected chi connectivity index (χ1v) is 12.8. The van der Waals surface area contributed by atoms with Gasteiger partial charge in [-0.2, -0.15) is 0 Å². The predicted molar refractivity (Wildman–Crippen MR) is 126 cm³/mol. The van der Waals surface area contributed by atoms with Crippen molar-refractivity contribution < 1.29 is 19.1 Å². The van der Waals surface area contributed by atoms with Crippen LogP contribution in [0, 0.1) is 41.4 Å². The van der Waals surface area contributed by atoms with Gasteiger partial charge >= 0.3 is 5.97 Å². The lowest BCUT2D eigenvalue weighted by Gasteiger charge is -2.57. The summed E-state index contributed by atoms with van der Waals surface area (Å²) in [5.74, 6) is 0.783. The van der Waals surface area contributed by atoms with Gasteiger partial charge in [-0.15, -0.1) is 24.0 Å². The van der Waals surface area contributed by atoms with E-state index in [0.717, 1.165) is 38.5 Å². The van der Waals surface area contributed by atoms with Crippen molar-refractivity contribution in [1.82, 2.24) is 4.98 Å². The van der Waals surface area contributed by atoms with Gasteiger partial charge in [0.05, 0.1) is 17.8 Å². The van der Waals surface area contributed by atoms with Crippen molar-refractivity contribution in [3.63, 3.8) is 0 Å². The highest BCUT2D eigenvalue weighted by Crippen LogP contribution is 2.66. The van der Waals surface area contributed by atoms with Crippen LogP contribution in [0.3, 0.4) is 0 Å². The molecule has 32 heavy (non-hydrogen) atoms. The first kappa shape index (κ1) is 22.1. The zero-order valence-electron chi connectivity index (χ0n) is 18.5. The number of ether oxygens (including phenoxy) is 1. The van der Waals surface area contributed by atoms with Gasteiger partial charge in [-0.3, -0.25) is 9.59 Å². The van der Waals surface area contributed by atoms with Gasteiger partial charge in [-0.05, 0) is 75.4 Å². The second-order valence-corrected chi connectivity index (χ2v) is 11.5. The van der Waals surface area contributed by atoms with Crippen LogP contribution in [0.4, 0.5) is 0 Å². The fraction of sp³-hybridized carbons (Fsp3) is 0.600. The third-order valence-corrected chi connectivity index (χ3v) is 10.2. The maximum Gasteiger partial charge on any atom is 0.350 e. The van der Waals surface area contributed by atoms with E-state index >= 15 is 0 Å². The molecule has 5 nitrogen and oxygen atoms in total. The smallest absolute Gasteiger partial charge is 0.350 e. The summed E-state index contributed by atoms with van der Waals surface area (Å²) in [6, 6.07) is 0. The van der Waals surface area contributed by atoms with Crippen molar-refractivity contribution in [2.24, 2.45) is 34.5 Å². The Hall–Kier alpha value is -1.73. The molecule has 7 heteroatoms. The van der Waals surface area contributed by atoms with Gasteiger partial charge in [0.2, 0.25) is 0 Å². The highest BCUT2D eigenvalue weighted by molar-refractivity contribution is 7.96. The molecule has 0 aromatic carbocycles. The monoisotopic (exact) mass is 471 g/mol. The number of ketones is 1. The maximum absolute atomic E-state index is 12.8. The summed E-state index contributed by atoms with van der Waals surface area (Å²) < 4.78 is 5.89. The molecule has 0 aliphatic heterocycles. The molecule has 0 spiro atoms. The van der Waals surface area contributed by atoms with Crippen LogP contribution >= 0.6 is 24.0 Å². The highest BCUT2D eigenvalue weighted by Gasteiger charge is 2.62. The molecule has 1 heterocycles. The average Bonchev–Trinajstić information content (AvgIpc) is 3.36. The Morgan fingerprint density at radius 3 is 2.78 bits per heavy atom. The van der Waals surface area contributed by atoms with Crippen molar-refractivity contribution in [2.45, 2.75) is 52.4 Å². The van der Waals surface area contributed by atoms with Crippen LogP contribution in [0.2, 0.25) is 0 Å². The van der Waals surface area contributed by atoms with Crippen LogP contribution in [0.25, 0.3) is 0 Å². The lowest BCUT2D eigenvalue weighted by atomic mass is 9.47. The molecule has 0 radical (unpaired) electrons. The SMILES string of the molecule is Cc1ncsc1C(=O)OC[C@]12CC[C@H]3[C@@H](CCC4=CC(=O)C=C[C@@]43C)[C@@H]1CCC2C(=O)S. The number of carbonyl (C=O) groups excluding carboxylic acids is 3. The molecule has 3 fully saturated rings. The molecule has 5 rings (SSSR count). The van der Waals surface area contributed by atoms with Gasteiger partial charge in [-0.1, -0.05) is 18.6 Å². The summed E-state index contributed by atoms with van der Waals surface area (Å²) in [4.78, 5) is 42.0. The summed E-state index contributed by atoms with van der Waals surface area (Å²) in [7, 11) is 0. The van der Waals surface area contributed by atoms with E-state index < -0.39 is 0 Å². The zero-order valence-corrected chi connectivity index (χ0v) is 20.2. The number of rotatable bonds is 4. The minimum absolute atomic E-state index is 0.0817. The molecule has 3 saturated carbocycles. The number of esters is 1. The minimum atomic E-state index is -0.347. The quantitative estimate of drug-likeness (QED) is 0.496. The number of thiol groups is 1. The van der Waals surface area contributed by atoms with Crippen molar-refractivity contribution >= 4 is 40.8 Å². The molecule has 170 valence electrons. The number of nitrogens with zero attached hydrogens (tertiary/aromatic N) is 1. The van der Waals surface area contributed by atoms with Crippen LogP contribution in [-0.4, -0.2) is 28.5 Å². The first-order chi connectivity index (χ1) is 15.3. The maximum atomic E-state index is 12.8. The Balaban J connectivity index is 1.44. The Bertz CT molecular complexity index is 1040. The number of fused-ring (bicyclic) bond motifs is 5. The lowest BCUT2D eigenvalue weighted by molar-refractivity contribution is -0.126. The van der Waals surface area contributed by atoms with Gasteiger partial charge in [0, 0.05) is 16.7 Å². The number of carbonyl (C=O) groups is 3. The number of thiazole rings is 1. The Labute approximate surface area is 198 Å². The van der Waals surface area contributed by atoms with Crippen LogP contribution in [0.1, 0.15) is 60.8 Å². The molecule has 0 saturated heterocycles. The van der Waals surface area contributed by atoms with Crippen LogP contribution in [0.15, 0.2) is 29.3 Å². The van der Waals surface area contributed by atoms with Crippen LogP contribution in [0.5, 0.6) is 0 Å². The summed E-state index contributed by atoms with van der Waals surface area (Å²) in [5.41, 5.74) is 3.15. The topological polar surface area (TPSA) is 73.3 Å². The summed E-state index contributed by atoms with van der Waals surface area (Å²) >= 11 is 5.55. The van der Waals surface area contributed by atoms with E-state index in [9.17, 15) is 14.4 Å². The zero-order chi connectivity index (χ0) is 22.7. The molecule has 1 unspecified atom stereocenters. The second kappa shape index (κ2) is 7.94. The Morgan fingerprint density at radius 2 is 2.06 bits per heavy atom. The van der Waals surface area contributed by atoms with Gasteiger partial charge in [0.15, 0.2) is 10.9 Å². The van der Waals surface area contributed by atoms with E-state index in [4.69, 9.17) is 4.74 Å². The minimum Gasteiger partial charge on any atom is -0.461 e. The molecule has 1 aromatic rings. The fourth-order valence-corrected chi connectivity index (χ4v) is 8.50. The molecule has 6 atom stereocenters. The van der Waals surface area contributed by atoms with E-state index in [0.29, 0.717) is 28.3 Å². The summed E-state index contributed by atoms with van der Waals surface area (Å²) in [5, 5.41) is -0.0817. The van der Waals surface area contributed by atoms with E-state index in [-0.39, 0.29) is 40.2 Å². The van der Waals surface area contributed by atoms with Crippen molar-refractivity contribution in [3.05, 3.63) is 39.9 Å². The number of hydrogen-bond donors (Lipinski definition) is 1. The van der Waals surface area contributed by atoms with Crippen LogP contribution < -0.4 is 0 Å². The summed E-state index contributed by atoms with van der Waals surface area (Å²) in [6.07, 6.45) is 11.2. The third kappa shape index (κ3) is 3.26. The van der Waals surface area contributed by atoms with Crippen molar-refractivity contribution in [3.8, 4) is 0 Å². The Kier molecular flexibility index (Phi) is 5.48. The molecule has 4 aliphatic carbocycles. The molecular weight excluding hydrogens is 442 g/mol. The molecule has 0 amide bonds. The van der Waals surface area contributed by atoms with Crippen LogP contribution in [-0.2, 0) is 14.3 Å². The third-order valence-electron chi connectivity index (χ3n) is 8.97. The predicted octanol–water partition coefficient (Wildman–Crippen LogP) is 4.97. The number of aryl methyl sites for hydroxylation is 1. The lowest BCUT2D eigenvalue weighted by Crippen LogP contribution is -2.53. The number of aromatic nitrogens is 1. The van der Waals surface area contributed by atoms with E-state index in [1.54, 1.807) is 11.6 Å². The standard InChI is InChI=1S/C25H29NO4S2/c1-14-21(32-13-26-14)22(28)30-12-25-10-8-18-17(19(25)5-6-20(25)23(29)31)4-3-15-11-16(27)7-9-24(15,18)2/h7,9,11,13,17-20H,3-6,8,10,12H2,1-2H3,(H,29,31)/t17-,18+,19+,20?,24+,25-/m1/s1. The molecular formula is C25H29NO4S2. The van der Waals surface area contributed by atoms with Gasteiger partial charge in [-0.25, -0.2) is 9.78 Å². The molecule has 0 bridgehead atoms. The largest absolute Gasteiger partial charge is 0.461 e. The number of hydrogen-bond acceptors (Lipinski definition) is 6.